The number of esters is 3. The van der Waals surface area contributed by atoms with E-state index in [0.717, 1.165) is 63.7 Å². The summed E-state index contributed by atoms with van der Waals surface area (Å²) in [6.45, 7) is 9.08. The lowest BCUT2D eigenvalue weighted by Crippen LogP contribution is -2.30. The number of unbranched alkanes of at least 4 members (excludes halogenated alkanes) is 38. The molecule has 0 aliphatic heterocycles. The number of rotatable bonds is 52. The molecule has 0 N–H and O–H groups in total. The van der Waals surface area contributed by atoms with Crippen LogP contribution in [-0.2, 0) is 28.6 Å². The Bertz CT molecular complexity index is 951. The second-order valence-electron chi connectivity index (χ2n) is 19.8. The first kappa shape index (κ1) is 61.4. The zero-order chi connectivity index (χ0) is 45.9. The lowest BCUT2D eigenvalue weighted by Gasteiger charge is -2.18. The zero-order valence-electron chi connectivity index (χ0n) is 43.0. The molecule has 374 valence electrons. The van der Waals surface area contributed by atoms with Gasteiger partial charge in [0.05, 0.1) is 0 Å². The molecule has 0 heterocycles. The second-order valence-corrected chi connectivity index (χ2v) is 19.8. The number of hydrogen-bond acceptors (Lipinski definition) is 6. The summed E-state index contributed by atoms with van der Waals surface area (Å²) >= 11 is 0. The van der Waals surface area contributed by atoms with Gasteiger partial charge in [0.15, 0.2) is 6.10 Å². The normalized spacial score (nSPS) is 12.4. The van der Waals surface area contributed by atoms with Gasteiger partial charge in [0.25, 0.3) is 0 Å². The van der Waals surface area contributed by atoms with Gasteiger partial charge in [-0.25, -0.2) is 0 Å². The van der Waals surface area contributed by atoms with Crippen molar-refractivity contribution in [1.29, 1.82) is 0 Å². The topological polar surface area (TPSA) is 78.9 Å². The number of hydrogen-bond donors (Lipinski definition) is 0. The summed E-state index contributed by atoms with van der Waals surface area (Å²) in [5, 5.41) is 0. The molecule has 0 radical (unpaired) electrons. The lowest BCUT2D eigenvalue weighted by molar-refractivity contribution is -0.167. The van der Waals surface area contributed by atoms with Crippen LogP contribution in [0.3, 0.4) is 0 Å². The second kappa shape index (κ2) is 51.4. The highest BCUT2D eigenvalue weighted by Gasteiger charge is 2.19. The average Bonchev–Trinajstić information content (AvgIpc) is 3.28. The summed E-state index contributed by atoms with van der Waals surface area (Å²) in [5.41, 5.74) is 0. The van der Waals surface area contributed by atoms with Crippen LogP contribution < -0.4 is 0 Å². The summed E-state index contributed by atoms with van der Waals surface area (Å²) in [6.07, 6.45) is 55.1. The minimum absolute atomic E-state index is 0.0621. The van der Waals surface area contributed by atoms with E-state index >= 15 is 0 Å². The molecule has 63 heavy (non-hydrogen) atoms. The molecule has 6 nitrogen and oxygen atoms in total. The van der Waals surface area contributed by atoms with E-state index in [-0.39, 0.29) is 31.1 Å². The smallest absolute Gasteiger partial charge is 0.306 e. The summed E-state index contributed by atoms with van der Waals surface area (Å²) in [5.74, 6) is 0.0327. The van der Waals surface area contributed by atoms with Crippen LogP contribution >= 0.6 is 0 Å². The van der Waals surface area contributed by atoms with Crippen LogP contribution in [0.15, 0.2) is 0 Å². The molecule has 0 aromatic carbocycles. The van der Waals surface area contributed by atoms with Crippen molar-refractivity contribution in [3.05, 3.63) is 0 Å². The molecule has 2 atom stereocenters. The molecule has 0 fully saturated rings. The van der Waals surface area contributed by atoms with Crippen LogP contribution in [0.1, 0.15) is 323 Å². The van der Waals surface area contributed by atoms with Crippen LogP contribution in [0.2, 0.25) is 0 Å². The molecule has 1 unspecified atom stereocenters. The van der Waals surface area contributed by atoms with Gasteiger partial charge >= 0.3 is 17.9 Å². The van der Waals surface area contributed by atoms with Crippen molar-refractivity contribution in [3.63, 3.8) is 0 Å². The van der Waals surface area contributed by atoms with Gasteiger partial charge < -0.3 is 14.2 Å². The van der Waals surface area contributed by atoms with Gasteiger partial charge in [0.2, 0.25) is 0 Å². The summed E-state index contributed by atoms with van der Waals surface area (Å²) in [4.78, 5) is 38.1. The quantitative estimate of drug-likeness (QED) is 0.0344. The highest BCUT2D eigenvalue weighted by atomic mass is 16.6. The Hall–Kier alpha value is -1.59. The number of carbonyl (C=O) groups excluding carboxylic acids is 3. The van der Waals surface area contributed by atoms with Crippen molar-refractivity contribution in [2.24, 2.45) is 5.92 Å². The third-order valence-electron chi connectivity index (χ3n) is 13.4. The average molecular weight is 892 g/mol. The first-order chi connectivity index (χ1) is 30.9. The Morgan fingerprint density at radius 1 is 0.317 bits per heavy atom. The van der Waals surface area contributed by atoms with Gasteiger partial charge in [0.1, 0.15) is 13.2 Å². The van der Waals surface area contributed by atoms with Gasteiger partial charge in [-0.2, -0.15) is 0 Å². The molecule has 6 heteroatoms. The highest BCUT2D eigenvalue weighted by Crippen LogP contribution is 2.18. The Morgan fingerprint density at radius 2 is 0.556 bits per heavy atom. The van der Waals surface area contributed by atoms with E-state index in [2.05, 4.69) is 27.7 Å². The minimum Gasteiger partial charge on any atom is -0.462 e. The third-order valence-corrected chi connectivity index (χ3v) is 13.4. The molecule has 0 aliphatic carbocycles. The maximum absolute atomic E-state index is 12.8. The van der Waals surface area contributed by atoms with Crippen LogP contribution in [0.4, 0.5) is 0 Å². The predicted molar refractivity (Wildman–Crippen MR) is 270 cm³/mol. The molecule has 0 spiro atoms. The molecular formula is C57H110O6. The third kappa shape index (κ3) is 49.7. The molecule has 0 rings (SSSR count). The Balaban J connectivity index is 4.31. The molecule has 0 saturated carbocycles. The standard InChI is InChI=1S/C57H110O6/c1-5-8-10-12-14-16-18-20-22-24-25-27-32-36-40-44-48-55(58)61-51-54(52-62-56(59)49-45-41-37-33-30-29-31-35-39-43-47-53(4)7-3)63-57(60)50-46-42-38-34-28-26-23-21-19-17-15-13-11-9-6-2/h53-54H,5-52H2,1-4H3/t53?,54-/m0/s1. The van der Waals surface area contributed by atoms with Crippen molar-refractivity contribution in [1.82, 2.24) is 0 Å². The lowest BCUT2D eigenvalue weighted by atomic mass is 9.99. The fraction of sp³-hybridized carbons (Fsp3) is 0.947. The fourth-order valence-electron chi connectivity index (χ4n) is 8.72. The van der Waals surface area contributed by atoms with Crippen LogP contribution in [0.25, 0.3) is 0 Å². The number of carbonyl (C=O) groups is 3. The Morgan fingerprint density at radius 3 is 0.825 bits per heavy atom. The number of ether oxygens (including phenoxy) is 3. The maximum atomic E-state index is 12.8. The molecule has 0 aromatic heterocycles. The molecular weight excluding hydrogens is 781 g/mol. The fourth-order valence-corrected chi connectivity index (χ4v) is 8.72. The molecule has 0 aliphatic rings. The first-order valence-electron chi connectivity index (χ1n) is 28.4. The van der Waals surface area contributed by atoms with Gasteiger partial charge in [0, 0.05) is 19.3 Å². The molecule has 0 saturated heterocycles. The molecule has 0 aromatic rings. The monoisotopic (exact) mass is 891 g/mol. The summed E-state index contributed by atoms with van der Waals surface area (Å²) in [7, 11) is 0. The van der Waals surface area contributed by atoms with Crippen molar-refractivity contribution < 1.29 is 28.6 Å². The highest BCUT2D eigenvalue weighted by molar-refractivity contribution is 5.71. The Labute approximate surface area is 393 Å². The first-order valence-corrected chi connectivity index (χ1v) is 28.4. The van der Waals surface area contributed by atoms with E-state index in [9.17, 15) is 14.4 Å². The van der Waals surface area contributed by atoms with E-state index in [1.54, 1.807) is 0 Å². The molecule has 0 bridgehead atoms. The van der Waals surface area contributed by atoms with Gasteiger partial charge in [-0.3, -0.25) is 14.4 Å². The predicted octanol–water partition coefficient (Wildman–Crippen LogP) is 18.6. The molecule has 0 amide bonds. The van der Waals surface area contributed by atoms with Crippen LogP contribution in [0, 0.1) is 5.92 Å². The van der Waals surface area contributed by atoms with Gasteiger partial charge in [-0.15, -0.1) is 0 Å². The van der Waals surface area contributed by atoms with Crippen molar-refractivity contribution in [2.45, 2.75) is 329 Å². The van der Waals surface area contributed by atoms with Gasteiger partial charge in [-0.05, 0) is 25.2 Å². The van der Waals surface area contributed by atoms with E-state index in [4.69, 9.17) is 14.2 Å². The summed E-state index contributed by atoms with van der Waals surface area (Å²) in [6, 6.07) is 0. The van der Waals surface area contributed by atoms with Crippen molar-refractivity contribution >= 4 is 17.9 Å². The van der Waals surface area contributed by atoms with E-state index in [1.165, 1.54) is 218 Å². The zero-order valence-corrected chi connectivity index (χ0v) is 43.0. The van der Waals surface area contributed by atoms with E-state index < -0.39 is 6.10 Å². The Kier molecular flexibility index (Phi) is 50.1. The largest absolute Gasteiger partial charge is 0.462 e. The minimum atomic E-state index is -0.761. The van der Waals surface area contributed by atoms with Crippen LogP contribution in [0.5, 0.6) is 0 Å². The maximum Gasteiger partial charge on any atom is 0.306 e. The SMILES string of the molecule is CCCCCCCCCCCCCCCCCCC(=O)OC[C@@H](COC(=O)CCCCCCCCCCCCC(C)CC)OC(=O)CCCCCCCCCCCCCCCCC. The van der Waals surface area contributed by atoms with Crippen molar-refractivity contribution in [2.75, 3.05) is 13.2 Å². The summed E-state index contributed by atoms with van der Waals surface area (Å²) < 4.78 is 16.9. The van der Waals surface area contributed by atoms with Gasteiger partial charge in [-0.1, -0.05) is 285 Å². The van der Waals surface area contributed by atoms with E-state index in [0.29, 0.717) is 19.3 Å². The van der Waals surface area contributed by atoms with E-state index in [1.807, 2.05) is 0 Å². The van der Waals surface area contributed by atoms with Crippen molar-refractivity contribution in [3.8, 4) is 0 Å². The van der Waals surface area contributed by atoms with Crippen LogP contribution in [-0.4, -0.2) is 37.2 Å².